The van der Waals surface area contributed by atoms with E-state index >= 15 is 0 Å². The molecule has 0 spiro atoms. The maximum absolute atomic E-state index is 11.6. The Morgan fingerprint density at radius 3 is 2.27 bits per heavy atom. The summed E-state index contributed by atoms with van der Waals surface area (Å²) >= 11 is 0. The van der Waals surface area contributed by atoms with Crippen molar-refractivity contribution in [2.24, 2.45) is 0 Å². The molecule has 1 N–H and O–H groups in total. The second-order valence-corrected chi connectivity index (χ2v) is 4.26. The van der Waals surface area contributed by atoms with Gasteiger partial charge in [-0.3, -0.25) is 4.79 Å². The molecule has 1 aromatic rings. The number of carbonyl (C=O) groups is 2. The minimum Gasteiger partial charge on any atom is -0.497 e. The zero-order valence-electron chi connectivity index (χ0n) is 13.0. The quantitative estimate of drug-likeness (QED) is 0.587. The lowest BCUT2D eigenvalue weighted by Crippen LogP contribution is -2.12. The summed E-state index contributed by atoms with van der Waals surface area (Å²) in [5.74, 6) is -0.214. The first-order valence-corrected chi connectivity index (χ1v) is 7.03. The number of hydrogen-bond acceptors (Lipinski definition) is 6. The highest BCUT2D eigenvalue weighted by Crippen LogP contribution is 2.18. The SMILES string of the molecule is CCOC(=O)/C=C(\CC(=O)OCC)Nc1ccc(OC)cc1. The molecule has 0 bridgehead atoms. The van der Waals surface area contributed by atoms with Crippen LogP contribution in [0, 0.1) is 0 Å². The molecule has 0 atom stereocenters. The summed E-state index contributed by atoms with van der Waals surface area (Å²) in [5.41, 5.74) is 1.13. The molecule has 6 nitrogen and oxygen atoms in total. The van der Waals surface area contributed by atoms with Crippen LogP contribution in [-0.4, -0.2) is 32.3 Å². The van der Waals surface area contributed by atoms with Gasteiger partial charge >= 0.3 is 11.9 Å². The molecule has 0 radical (unpaired) electrons. The Balaban J connectivity index is 2.83. The normalized spacial score (nSPS) is 10.8. The summed E-state index contributed by atoms with van der Waals surface area (Å²) in [6, 6.07) is 7.11. The van der Waals surface area contributed by atoms with Gasteiger partial charge in [0.25, 0.3) is 0 Å². The van der Waals surface area contributed by atoms with Crippen molar-refractivity contribution in [2.45, 2.75) is 20.3 Å². The Labute approximate surface area is 130 Å². The fraction of sp³-hybridized carbons (Fsp3) is 0.375. The van der Waals surface area contributed by atoms with E-state index in [-0.39, 0.29) is 19.6 Å². The molecule has 1 rings (SSSR count). The minimum absolute atomic E-state index is 0.0430. The molecular weight excluding hydrogens is 286 g/mol. The van der Waals surface area contributed by atoms with Crippen molar-refractivity contribution in [2.75, 3.05) is 25.6 Å². The highest BCUT2D eigenvalue weighted by Gasteiger charge is 2.10. The van der Waals surface area contributed by atoms with Gasteiger partial charge in [0, 0.05) is 17.5 Å². The largest absolute Gasteiger partial charge is 0.497 e. The number of carbonyl (C=O) groups excluding carboxylic acids is 2. The predicted molar refractivity (Wildman–Crippen MR) is 82.6 cm³/mol. The van der Waals surface area contributed by atoms with E-state index in [2.05, 4.69) is 5.32 Å². The van der Waals surface area contributed by atoms with Crippen molar-refractivity contribution >= 4 is 17.6 Å². The van der Waals surface area contributed by atoms with Crippen molar-refractivity contribution in [3.63, 3.8) is 0 Å². The molecule has 0 aromatic heterocycles. The Morgan fingerprint density at radius 2 is 1.73 bits per heavy atom. The molecule has 0 aliphatic heterocycles. The summed E-state index contributed by atoms with van der Waals surface area (Å²) < 4.78 is 14.8. The fourth-order valence-corrected chi connectivity index (χ4v) is 1.68. The highest BCUT2D eigenvalue weighted by molar-refractivity contribution is 5.85. The smallest absolute Gasteiger partial charge is 0.332 e. The molecule has 22 heavy (non-hydrogen) atoms. The molecule has 0 saturated heterocycles. The second-order valence-electron chi connectivity index (χ2n) is 4.26. The zero-order valence-corrected chi connectivity index (χ0v) is 13.0. The van der Waals surface area contributed by atoms with Crippen LogP contribution in [0.15, 0.2) is 36.0 Å². The maximum atomic E-state index is 11.6. The molecule has 0 fully saturated rings. The number of rotatable bonds is 8. The van der Waals surface area contributed by atoms with E-state index < -0.39 is 11.9 Å². The Bertz CT molecular complexity index is 522. The Hall–Kier alpha value is -2.50. The highest BCUT2D eigenvalue weighted by atomic mass is 16.5. The van der Waals surface area contributed by atoms with Crippen molar-refractivity contribution in [3.8, 4) is 5.75 Å². The van der Waals surface area contributed by atoms with E-state index in [1.54, 1.807) is 45.2 Å². The van der Waals surface area contributed by atoms with Crippen LogP contribution in [0.1, 0.15) is 20.3 Å². The van der Waals surface area contributed by atoms with Crippen LogP contribution in [0.25, 0.3) is 0 Å². The van der Waals surface area contributed by atoms with Crippen LogP contribution in [0.4, 0.5) is 5.69 Å². The predicted octanol–water partition coefficient (Wildman–Crippen LogP) is 2.51. The Kier molecular flexibility index (Phi) is 7.53. The third-order valence-electron chi connectivity index (χ3n) is 2.61. The number of benzene rings is 1. The van der Waals surface area contributed by atoms with E-state index in [1.165, 1.54) is 6.08 Å². The molecule has 0 aliphatic rings. The number of hydrogen-bond donors (Lipinski definition) is 1. The average Bonchev–Trinajstić information content (AvgIpc) is 2.48. The van der Waals surface area contributed by atoms with Gasteiger partial charge in [-0.1, -0.05) is 0 Å². The molecule has 0 aliphatic carbocycles. The van der Waals surface area contributed by atoms with E-state index in [0.29, 0.717) is 11.4 Å². The van der Waals surface area contributed by atoms with E-state index in [1.807, 2.05) is 0 Å². The zero-order chi connectivity index (χ0) is 16.4. The van der Waals surface area contributed by atoms with E-state index in [4.69, 9.17) is 14.2 Å². The van der Waals surface area contributed by atoms with Crippen molar-refractivity contribution in [1.29, 1.82) is 0 Å². The van der Waals surface area contributed by atoms with Crippen LogP contribution in [-0.2, 0) is 19.1 Å². The van der Waals surface area contributed by atoms with Crippen molar-refractivity contribution in [1.82, 2.24) is 0 Å². The Morgan fingerprint density at radius 1 is 1.09 bits per heavy atom. The maximum Gasteiger partial charge on any atom is 0.332 e. The monoisotopic (exact) mass is 307 g/mol. The molecule has 0 heterocycles. The molecule has 0 amide bonds. The first-order valence-electron chi connectivity index (χ1n) is 7.03. The number of nitrogens with one attached hydrogen (secondary N) is 1. The van der Waals surface area contributed by atoms with Gasteiger partial charge in [-0.15, -0.1) is 0 Å². The topological polar surface area (TPSA) is 73.9 Å². The van der Waals surface area contributed by atoms with Crippen LogP contribution >= 0.6 is 0 Å². The van der Waals surface area contributed by atoms with Gasteiger partial charge in [0.05, 0.1) is 26.7 Å². The molecule has 120 valence electrons. The van der Waals surface area contributed by atoms with Crippen LogP contribution < -0.4 is 10.1 Å². The van der Waals surface area contributed by atoms with Gasteiger partial charge in [-0.05, 0) is 38.1 Å². The number of esters is 2. The molecular formula is C16H21NO5. The summed E-state index contributed by atoms with van der Waals surface area (Å²) in [6.07, 6.45) is 1.21. The number of methoxy groups -OCH3 is 1. The van der Waals surface area contributed by atoms with Crippen molar-refractivity contribution in [3.05, 3.63) is 36.0 Å². The van der Waals surface area contributed by atoms with Gasteiger partial charge in [-0.2, -0.15) is 0 Å². The number of anilines is 1. The van der Waals surface area contributed by atoms with E-state index in [0.717, 1.165) is 5.69 Å². The van der Waals surface area contributed by atoms with Crippen molar-refractivity contribution < 1.29 is 23.8 Å². The van der Waals surface area contributed by atoms with Gasteiger partial charge in [0.1, 0.15) is 5.75 Å². The summed E-state index contributed by atoms with van der Waals surface area (Å²) in [7, 11) is 1.58. The lowest BCUT2D eigenvalue weighted by Gasteiger charge is -2.11. The molecule has 0 saturated carbocycles. The van der Waals surface area contributed by atoms with Gasteiger partial charge in [0.2, 0.25) is 0 Å². The summed E-state index contributed by atoms with van der Waals surface area (Å²) in [5, 5.41) is 3.01. The number of ether oxygens (including phenoxy) is 3. The molecule has 0 unspecified atom stereocenters. The fourth-order valence-electron chi connectivity index (χ4n) is 1.68. The third kappa shape index (κ3) is 6.30. The standard InChI is InChI=1S/C16H21NO5/c1-4-21-15(18)10-13(11-16(19)22-5-2)17-12-6-8-14(20-3)9-7-12/h6-10,17H,4-5,11H2,1-3H3/b13-10+. The lowest BCUT2D eigenvalue weighted by atomic mass is 10.2. The summed E-state index contributed by atoms with van der Waals surface area (Å²) in [4.78, 5) is 23.2. The molecule has 1 aromatic carbocycles. The molecule has 6 heteroatoms. The van der Waals surface area contributed by atoms with Gasteiger partial charge in [-0.25, -0.2) is 4.79 Å². The lowest BCUT2D eigenvalue weighted by molar-refractivity contribution is -0.142. The first kappa shape index (κ1) is 17.6. The van der Waals surface area contributed by atoms with Gasteiger partial charge in [0.15, 0.2) is 0 Å². The van der Waals surface area contributed by atoms with Gasteiger partial charge < -0.3 is 19.5 Å². The second kappa shape index (κ2) is 9.44. The third-order valence-corrected chi connectivity index (χ3v) is 2.61. The average molecular weight is 307 g/mol. The van der Waals surface area contributed by atoms with Crippen LogP contribution in [0.2, 0.25) is 0 Å². The van der Waals surface area contributed by atoms with Crippen LogP contribution in [0.5, 0.6) is 5.75 Å². The van der Waals surface area contributed by atoms with E-state index in [9.17, 15) is 9.59 Å². The first-order chi connectivity index (χ1) is 10.6. The minimum atomic E-state index is -0.511. The summed E-state index contributed by atoms with van der Waals surface area (Å²) in [6.45, 7) is 4.00. The van der Waals surface area contributed by atoms with Crippen LogP contribution in [0.3, 0.4) is 0 Å².